The van der Waals surface area contributed by atoms with Crippen LogP contribution in [-0.4, -0.2) is 42.9 Å². The largest absolute Gasteiger partial charge is 0.390 e. The summed E-state index contributed by atoms with van der Waals surface area (Å²) >= 11 is 0. The zero-order valence-corrected chi connectivity index (χ0v) is 12.6. The van der Waals surface area contributed by atoms with Crippen molar-refractivity contribution in [2.24, 2.45) is 5.92 Å². The first-order valence-electron chi connectivity index (χ1n) is 7.58. The van der Waals surface area contributed by atoms with Crippen LogP contribution in [0.5, 0.6) is 0 Å². The molecule has 2 saturated heterocycles. The number of rotatable bonds is 4. The van der Waals surface area contributed by atoms with Gasteiger partial charge >= 0.3 is 0 Å². The van der Waals surface area contributed by atoms with Crippen LogP contribution in [0.1, 0.15) is 18.8 Å². The minimum absolute atomic E-state index is 0.185. The Hall–Kier alpha value is -1.24. The van der Waals surface area contributed by atoms with E-state index in [0.29, 0.717) is 13.2 Å². The molecule has 2 heterocycles. The van der Waals surface area contributed by atoms with Gasteiger partial charge in [0.25, 0.3) is 0 Å². The Morgan fingerprint density at radius 2 is 2.09 bits per heavy atom. The second kappa shape index (κ2) is 6.89. The molecule has 1 aromatic rings. The van der Waals surface area contributed by atoms with Gasteiger partial charge in [0.2, 0.25) is 0 Å². The predicted octanol–water partition coefficient (Wildman–Crippen LogP) is 2.03. The van der Waals surface area contributed by atoms with Gasteiger partial charge < -0.3 is 24.1 Å². The van der Waals surface area contributed by atoms with Gasteiger partial charge in [-0.25, -0.2) is 0 Å². The molecule has 0 spiro atoms. The van der Waals surface area contributed by atoms with Crippen LogP contribution < -0.4 is 0 Å². The number of aliphatic hydroxyl groups is 1. The first kappa shape index (κ1) is 15.6. The first-order chi connectivity index (χ1) is 10.7. The van der Waals surface area contributed by atoms with Crippen LogP contribution >= 0.6 is 0 Å². The van der Waals surface area contributed by atoms with Gasteiger partial charge in [0.1, 0.15) is 12.2 Å². The van der Waals surface area contributed by atoms with E-state index in [1.807, 2.05) is 37.3 Å². The van der Waals surface area contributed by atoms with Gasteiger partial charge in [-0.15, -0.1) is 6.58 Å². The fourth-order valence-corrected chi connectivity index (χ4v) is 2.86. The normalized spacial score (nSPS) is 38.3. The molecular formula is C17H22O5. The van der Waals surface area contributed by atoms with Gasteiger partial charge in [-0.2, -0.15) is 0 Å². The Morgan fingerprint density at radius 1 is 1.32 bits per heavy atom. The molecule has 120 valence electrons. The number of aliphatic hydroxyl groups excluding tert-OH is 1. The Bertz CT molecular complexity index is 489. The monoisotopic (exact) mass is 306 g/mol. The van der Waals surface area contributed by atoms with Crippen LogP contribution in [0.4, 0.5) is 0 Å². The highest BCUT2D eigenvalue weighted by Crippen LogP contribution is 2.36. The molecule has 5 heteroatoms. The summed E-state index contributed by atoms with van der Waals surface area (Å²) in [5.41, 5.74) is 0.936. The third kappa shape index (κ3) is 3.09. The molecule has 2 fully saturated rings. The average Bonchev–Trinajstić information content (AvgIpc) is 2.57. The topological polar surface area (TPSA) is 57.2 Å². The Labute approximate surface area is 130 Å². The Balaban J connectivity index is 1.69. The summed E-state index contributed by atoms with van der Waals surface area (Å²) < 4.78 is 23.1. The predicted molar refractivity (Wildman–Crippen MR) is 80.0 cm³/mol. The molecule has 4 unspecified atom stereocenters. The molecule has 0 amide bonds. The molecule has 6 atom stereocenters. The van der Waals surface area contributed by atoms with Crippen molar-refractivity contribution in [2.75, 3.05) is 13.2 Å². The Kier molecular flexibility index (Phi) is 4.90. The molecule has 1 aromatic carbocycles. The third-order valence-electron chi connectivity index (χ3n) is 4.12. The van der Waals surface area contributed by atoms with E-state index in [4.69, 9.17) is 18.9 Å². The van der Waals surface area contributed by atoms with Gasteiger partial charge in [-0.3, -0.25) is 0 Å². The number of ether oxygens (including phenoxy) is 4. The van der Waals surface area contributed by atoms with Gasteiger partial charge in [0, 0.05) is 11.5 Å². The lowest BCUT2D eigenvalue weighted by atomic mass is 9.91. The van der Waals surface area contributed by atoms with Crippen LogP contribution in [0.2, 0.25) is 0 Å². The number of benzene rings is 1. The van der Waals surface area contributed by atoms with Crippen LogP contribution in [0.3, 0.4) is 0 Å². The second-order valence-corrected chi connectivity index (χ2v) is 5.69. The molecule has 0 radical (unpaired) electrons. The molecule has 2 aliphatic rings. The van der Waals surface area contributed by atoms with Crippen molar-refractivity contribution in [3.63, 3.8) is 0 Å². The summed E-state index contributed by atoms with van der Waals surface area (Å²) in [4.78, 5) is 0. The maximum absolute atomic E-state index is 10.5. The average molecular weight is 306 g/mol. The van der Waals surface area contributed by atoms with Crippen molar-refractivity contribution in [1.29, 1.82) is 0 Å². The molecule has 0 aromatic heterocycles. The van der Waals surface area contributed by atoms with Crippen molar-refractivity contribution < 1.29 is 24.1 Å². The van der Waals surface area contributed by atoms with E-state index < -0.39 is 24.8 Å². The van der Waals surface area contributed by atoms with Gasteiger partial charge in [0.05, 0.1) is 19.3 Å². The maximum atomic E-state index is 10.5. The first-order valence-corrected chi connectivity index (χ1v) is 7.58. The zero-order chi connectivity index (χ0) is 15.5. The third-order valence-corrected chi connectivity index (χ3v) is 4.12. The Morgan fingerprint density at radius 3 is 2.82 bits per heavy atom. The van der Waals surface area contributed by atoms with E-state index in [1.165, 1.54) is 0 Å². The van der Waals surface area contributed by atoms with Crippen molar-refractivity contribution in [3.05, 3.63) is 48.6 Å². The summed E-state index contributed by atoms with van der Waals surface area (Å²) in [6, 6.07) is 9.70. The molecule has 2 aliphatic heterocycles. The molecule has 22 heavy (non-hydrogen) atoms. The van der Waals surface area contributed by atoms with Gasteiger partial charge in [-0.05, 0) is 0 Å². The minimum Gasteiger partial charge on any atom is -0.390 e. The number of hydrogen-bond acceptors (Lipinski definition) is 5. The van der Waals surface area contributed by atoms with Crippen molar-refractivity contribution in [3.8, 4) is 0 Å². The van der Waals surface area contributed by atoms with Crippen molar-refractivity contribution in [2.45, 2.75) is 37.8 Å². The summed E-state index contributed by atoms with van der Waals surface area (Å²) in [6.07, 6.45) is -0.705. The SMILES string of the molecule is C=CCOC1OC2COC(c3ccccc3)O[C@H]2[C@H](O)C1C. The quantitative estimate of drug-likeness (QED) is 0.863. The number of hydrogen-bond donors (Lipinski definition) is 1. The van der Waals surface area contributed by atoms with Crippen LogP contribution in [0, 0.1) is 5.92 Å². The van der Waals surface area contributed by atoms with Crippen LogP contribution in [0.25, 0.3) is 0 Å². The summed E-state index contributed by atoms with van der Waals surface area (Å²) in [5, 5.41) is 10.5. The fraction of sp³-hybridized carbons (Fsp3) is 0.529. The smallest absolute Gasteiger partial charge is 0.184 e. The van der Waals surface area contributed by atoms with Gasteiger partial charge in [0.15, 0.2) is 12.6 Å². The molecular weight excluding hydrogens is 284 g/mol. The highest BCUT2D eigenvalue weighted by atomic mass is 16.7. The van der Waals surface area contributed by atoms with Crippen LogP contribution in [-0.2, 0) is 18.9 Å². The molecule has 0 saturated carbocycles. The summed E-state index contributed by atoms with van der Waals surface area (Å²) in [7, 11) is 0. The van der Waals surface area contributed by atoms with E-state index in [2.05, 4.69) is 6.58 Å². The van der Waals surface area contributed by atoms with Crippen LogP contribution in [0.15, 0.2) is 43.0 Å². The minimum atomic E-state index is -0.663. The lowest BCUT2D eigenvalue weighted by Crippen LogP contribution is -2.59. The van der Waals surface area contributed by atoms with E-state index in [1.54, 1.807) is 6.08 Å². The summed E-state index contributed by atoms with van der Waals surface area (Å²) in [6.45, 7) is 6.26. The maximum Gasteiger partial charge on any atom is 0.184 e. The standard InChI is InChI=1S/C17H22O5/c1-3-9-19-16-11(2)14(18)15-13(21-16)10-20-17(22-15)12-7-5-4-6-8-12/h3-8,11,13-18H,1,9-10H2,2H3/t11?,13?,14-,15-,16?,17?/m1/s1. The molecule has 3 rings (SSSR count). The fourth-order valence-electron chi connectivity index (χ4n) is 2.86. The lowest BCUT2D eigenvalue weighted by molar-refractivity contribution is -0.350. The van der Waals surface area contributed by atoms with E-state index in [0.717, 1.165) is 5.56 Å². The van der Waals surface area contributed by atoms with Crippen molar-refractivity contribution in [1.82, 2.24) is 0 Å². The second-order valence-electron chi connectivity index (χ2n) is 5.69. The highest BCUT2D eigenvalue weighted by Gasteiger charge is 2.47. The lowest BCUT2D eigenvalue weighted by Gasteiger charge is -2.46. The highest BCUT2D eigenvalue weighted by molar-refractivity contribution is 5.16. The molecule has 5 nitrogen and oxygen atoms in total. The summed E-state index contributed by atoms with van der Waals surface area (Å²) in [5.74, 6) is -0.185. The van der Waals surface area contributed by atoms with E-state index >= 15 is 0 Å². The molecule has 1 N–H and O–H groups in total. The van der Waals surface area contributed by atoms with Crippen molar-refractivity contribution >= 4 is 0 Å². The van der Waals surface area contributed by atoms with E-state index in [-0.39, 0.29) is 12.0 Å². The zero-order valence-electron chi connectivity index (χ0n) is 12.6. The molecule has 0 aliphatic carbocycles. The van der Waals surface area contributed by atoms with Gasteiger partial charge in [-0.1, -0.05) is 43.3 Å². The molecule has 0 bridgehead atoms. The number of fused-ring (bicyclic) bond motifs is 1. The van der Waals surface area contributed by atoms with E-state index in [9.17, 15) is 5.11 Å².